The molecule has 1 aromatic carbocycles. The highest BCUT2D eigenvalue weighted by Crippen LogP contribution is 2.29. The number of aromatic amines is 1. The highest BCUT2D eigenvalue weighted by molar-refractivity contribution is 5.93. The van der Waals surface area contributed by atoms with Gasteiger partial charge in [0, 0.05) is 25.3 Å². The number of likely N-dealkylation sites (tertiary alicyclic amines) is 1. The molecule has 156 valence electrons. The number of hydrogen-bond acceptors (Lipinski definition) is 3. The number of piperidine rings is 1. The Morgan fingerprint density at radius 2 is 2.07 bits per heavy atom. The van der Waals surface area contributed by atoms with Crippen LogP contribution in [0.3, 0.4) is 0 Å². The van der Waals surface area contributed by atoms with E-state index in [1.54, 1.807) is 6.07 Å². The predicted molar refractivity (Wildman–Crippen MR) is 103 cm³/mol. The number of carbonyl (C=O) groups is 1. The van der Waals surface area contributed by atoms with Crippen molar-refractivity contribution in [2.45, 2.75) is 39.0 Å². The van der Waals surface area contributed by atoms with Crippen LogP contribution in [0.25, 0.3) is 0 Å². The second-order valence-electron chi connectivity index (χ2n) is 7.59. The molecule has 0 bridgehead atoms. The standard InChI is InChI=1S/C21H24F3N3O2/c1-14-4-3-9-27(12-14)13-17-7-8-18(20(29)26-17)19(28)25-11-15-5-2-6-16(10-15)21(22,23)24/h2,5-8,10,14H,3-4,9,11-13H2,1H3,(H,25,28)(H,26,29)/t14-/m0/s1. The SMILES string of the molecule is C[C@H]1CCCN(Cc2ccc(C(=O)NCc3cccc(C(F)(F)F)c3)c(=O)[nH]2)C1. The molecule has 0 radical (unpaired) electrons. The van der Waals surface area contributed by atoms with E-state index in [9.17, 15) is 22.8 Å². The van der Waals surface area contributed by atoms with Gasteiger partial charge >= 0.3 is 6.18 Å². The van der Waals surface area contributed by atoms with Gasteiger partial charge in [-0.2, -0.15) is 13.2 Å². The van der Waals surface area contributed by atoms with Crippen LogP contribution in [-0.4, -0.2) is 28.9 Å². The molecule has 1 atom stereocenters. The van der Waals surface area contributed by atoms with Crippen LogP contribution in [0.5, 0.6) is 0 Å². The summed E-state index contributed by atoms with van der Waals surface area (Å²) in [6, 6.07) is 7.89. The minimum Gasteiger partial charge on any atom is -0.348 e. The van der Waals surface area contributed by atoms with Gasteiger partial charge < -0.3 is 10.3 Å². The molecule has 1 amide bonds. The maximum atomic E-state index is 12.8. The molecule has 5 nitrogen and oxygen atoms in total. The van der Waals surface area contributed by atoms with E-state index in [1.807, 2.05) is 0 Å². The molecule has 8 heteroatoms. The highest BCUT2D eigenvalue weighted by Gasteiger charge is 2.30. The predicted octanol–water partition coefficient (Wildman–Crippen LogP) is 3.56. The number of rotatable bonds is 5. The smallest absolute Gasteiger partial charge is 0.348 e. The fourth-order valence-corrected chi connectivity index (χ4v) is 3.59. The first kappa shape index (κ1) is 21.1. The van der Waals surface area contributed by atoms with Crippen molar-refractivity contribution in [3.8, 4) is 0 Å². The lowest BCUT2D eigenvalue weighted by atomic mass is 10.0. The van der Waals surface area contributed by atoms with Crippen LogP contribution >= 0.6 is 0 Å². The van der Waals surface area contributed by atoms with Crippen LogP contribution in [0.15, 0.2) is 41.2 Å². The monoisotopic (exact) mass is 407 g/mol. The van der Waals surface area contributed by atoms with E-state index >= 15 is 0 Å². The van der Waals surface area contributed by atoms with Gasteiger partial charge in [0.1, 0.15) is 5.56 Å². The molecule has 29 heavy (non-hydrogen) atoms. The van der Waals surface area contributed by atoms with E-state index in [0.717, 1.165) is 37.3 Å². The molecule has 2 heterocycles. The first-order valence-electron chi connectivity index (χ1n) is 9.61. The van der Waals surface area contributed by atoms with Crippen LogP contribution in [0.2, 0.25) is 0 Å². The highest BCUT2D eigenvalue weighted by atomic mass is 19.4. The summed E-state index contributed by atoms with van der Waals surface area (Å²) in [4.78, 5) is 29.6. The molecule has 0 spiro atoms. The van der Waals surface area contributed by atoms with Crippen LogP contribution in [0, 0.1) is 5.92 Å². The molecular formula is C21H24F3N3O2. The normalized spacial score (nSPS) is 17.9. The second-order valence-corrected chi connectivity index (χ2v) is 7.59. The number of pyridine rings is 1. The van der Waals surface area contributed by atoms with Crippen molar-refractivity contribution in [2.75, 3.05) is 13.1 Å². The number of carbonyl (C=O) groups excluding carboxylic acids is 1. The van der Waals surface area contributed by atoms with E-state index in [0.29, 0.717) is 18.0 Å². The summed E-state index contributed by atoms with van der Waals surface area (Å²) < 4.78 is 38.3. The molecule has 1 aromatic heterocycles. The number of hydrogen-bond donors (Lipinski definition) is 2. The molecule has 1 fully saturated rings. The molecule has 2 N–H and O–H groups in total. The van der Waals surface area contributed by atoms with Crippen LogP contribution in [0.4, 0.5) is 13.2 Å². The fraction of sp³-hybridized carbons (Fsp3) is 0.429. The molecule has 0 unspecified atom stereocenters. The van der Waals surface area contributed by atoms with E-state index < -0.39 is 23.2 Å². The van der Waals surface area contributed by atoms with Crippen molar-refractivity contribution < 1.29 is 18.0 Å². The summed E-state index contributed by atoms with van der Waals surface area (Å²) in [6.45, 7) is 4.67. The second kappa shape index (κ2) is 8.82. The average Bonchev–Trinajstić information content (AvgIpc) is 2.66. The molecule has 1 aliphatic heterocycles. The number of alkyl halides is 3. The van der Waals surface area contributed by atoms with Gasteiger partial charge in [-0.15, -0.1) is 0 Å². The van der Waals surface area contributed by atoms with Crippen molar-refractivity contribution in [1.29, 1.82) is 0 Å². The molecule has 0 aliphatic carbocycles. The van der Waals surface area contributed by atoms with Crippen molar-refractivity contribution in [3.05, 3.63) is 69.1 Å². The number of nitrogens with zero attached hydrogens (tertiary/aromatic N) is 1. The Hall–Kier alpha value is -2.61. The Morgan fingerprint density at radius 3 is 2.76 bits per heavy atom. The average molecular weight is 407 g/mol. The lowest BCUT2D eigenvalue weighted by Gasteiger charge is -2.30. The van der Waals surface area contributed by atoms with Gasteiger partial charge in [-0.05, 0) is 55.1 Å². The molecule has 0 saturated carbocycles. The number of benzene rings is 1. The lowest BCUT2D eigenvalue weighted by Crippen LogP contribution is -2.35. The van der Waals surface area contributed by atoms with Gasteiger partial charge in [-0.25, -0.2) is 0 Å². The van der Waals surface area contributed by atoms with E-state index in [1.165, 1.54) is 24.6 Å². The largest absolute Gasteiger partial charge is 0.416 e. The maximum Gasteiger partial charge on any atom is 0.416 e. The fourth-order valence-electron chi connectivity index (χ4n) is 3.59. The first-order chi connectivity index (χ1) is 13.7. The van der Waals surface area contributed by atoms with Gasteiger partial charge in [0.15, 0.2) is 0 Å². The summed E-state index contributed by atoms with van der Waals surface area (Å²) in [7, 11) is 0. The number of halogens is 3. The Balaban J connectivity index is 1.62. The molecule has 1 aliphatic rings. The Labute approximate surface area is 166 Å². The molecular weight excluding hydrogens is 383 g/mol. The zero-order valence-electron chi connectivity index (χ0n) is 16.2. The minimum atomic E-state index is -4.45. The number of aromatic nitrogens is 1. The van der Waals surface area contributed by atoms with Gasteiger partial charge in [0.25, 0.3) is 11.5 Å². The first-order valence-corrected chi connectivity index (χ1v) is 9.61. The van der Waals surface area contributed by atoms with Gasteiger partial charge in [-0.1, -0.05) is 19.1 Å². The maximum absolute atomic E-state index is 12.8. The number of H-pyrrole nitrogens is 1. The van der Waals surface area contributed by atoms with Gasteiger partial charge in [0.05, 0.1) is 5.56 Å². The summed E-state index contributed by atoms with van der Waals surface area (Å²) in [6.07, 6.45) is -2.11. The van der Waals surface area contributed by atoms with Crippen LogP contribution < -0.4 is 10.9 Å². The van der Waals surface area contributed by atoms with E-state index in [4.69, 9.17) is 0 Å². The van der Waals surface area contributed by atoms with Crippen molar-refractivity contribution in [2.24, 2.45) is 5.92 Å². The van der Waals surface area contributed by atoms with Crippen molar-refractivity contribution in [1.82, 2.24) is 15.2 Å². The Morgan fingerprint density at radius 1 is 1.28 bits per heavy atom. The third-order valence-electron chi connectivity index (χ3n) is 5.06. The topological polar surface area (TPSA) is 65.2 Å². The Kier molecular flexibility index (Phi) is 6.42. The van der Waals surface area contributed by atoms with Crippen molar-refractivity contribution >= 4 is 5.91 Å². The summed E-state index contributed by atoms with van der Waals surface area (Å²) in [5.74, 6) is -0.00169. The van der Waals surface area contributed by atoms with Crippen molar-refractivity contribution in [3.63, 3.8) is 0 Å². The molecule has 2 aromatic rings. The number of nitrogens with one attached hydrogen (secondary N) is 2. The molecule has 1 saturated heterocycles. The quantitative estimate of drug-likeness (QED) is 0.797. The van der Waals surface area contributed by atoms with Crippen LogP contribution in [-0.2, 0) is 19.3 Å². The lowest BCUT2D eigenvalue weighted by molar-refractivity contribution is -0.137. The van der Waals surface area contributed by atoms with E-state index in [2.05, 4.69) is 22.1 Å². The third kappa shape index (κ3) is 5.69. The number of amides is 1. The Bertz CT molecular complexity index is 924. The minimum absolute atomic E-state index is 0.0623. The van der Waals surface area contributed by atoms with Gasteiger partial charge in [-0.3, -0.25) is 14.5 Å². The third-order valence-corrected chi connectivity index (χ3v) is 5.06. The zero-order chi connectivity index (χ0) is 21.0. The van der Waals surface area contributed by atoms with Gasteiger partial charge in [0.2, 0.25) is 0 Å². The summed E-state index contributed by atoms with van der Waals surface area (Å²) in [5.41, 5.74) is -0.306. The summed E-state index contributed by atoms with van der Waals surface area (Å²) in [5, 5.41) is 2.50. The van der Waals surface area contributed by atoms with E-state index in [-0.39, 0.29) is 12.1 Å². The zero-order valence-corrected chi connectivity index (χ0v) is 16.2. The molecule has 3 rings (SSSR count). The summed E-state index contributed by atoms with van der Waals surface area (Å²) >= 11 is 0. The van der Waals surface area contributed by atoms with Crippen LogP contribution in [0.1, 0.15) is 46.9 Å².